The first-order valence-corrected chi connectivity index (χ1v) is 6.11. The van der Waals surface area contributed by atoms with Crippen molar-refractivity contribution in [1.82, 2.24) is 0 Å². The third-order valence-electron chi connectivity index (χ3n) is 2.62. The number of carbonyl (C=O) groups is 1. The number of carbonyl (C=O) groups excluding carboxylic acids is 1. The first-order chi connectivity index (χ1) is 8.60. The molecule has 0 N–H and O–H groups in total. The van der Waals surface area contributed by atoms with Crippen molar-refractivity contribution >= 4 is 5.97 Å². The lowest BCUT2D eigenvalue weighted by atomic mass is 9.88. The van der Waals surface area contributed by atoms with Gasteiger partial charge >= 0.3 is 5.97 Å². The van der Waals surface area contributed by atoms with Crippen LogP contribution in [-0.2, 0) is 19.0 Å². The maximum atomic E-state index is 10.9. The van der Waals surface area contributed by atoms with Gasteiger partial charge in [0.2, 0.25) is 0 Å². The maximum Gasteiger partial charge on any atom is 0.302 e. The molecule has 0 aromatic carbocycles. The van der Waals surface area contributed by atoms with Crippen LogP contribution in [0.4, 0.5) is 0 Å². The van der Waals surface area contributed by atoms with Gasteiger partial charge in [-0.15, -0.1) is 13.2 Å². The number of rotatable bonds is 11. The van der Waals surface area contributed by atoms with E-state index < -0.39 is 0 Å². The third-order valence-corrected chi connectivity index (χ3v) is 2.62. The number of hydrogen-bond donors (Lipinski definition) is 0. The summed E-state index contributed by atoms with van der Waals surface area (Å²) in [6, 6.07) is 0. The van der Waals surface area contributed by atoms with E-state index in [0.717, 1.165) is 6.42 Å². The van der Waals surface area contributed by atoms with Crippen LogP contribution in [0, 0.1) is 5.41 Å². The van der Waals surface area contributed by atoms with E-state index in [4.69, 9.17) is 14.2 Å². The van der Waals surface area contributed by atoms with E-state index in [0.29, 0.717) is 33.0 Å². The first kappa shape index (κ1) is 16.9. The van der Waals surface area contributed by atoms with Gasteiger partial charge in [0.05, 0.1) is 31.8 Å². The summed E-state index contributed by atoms with van der Waals surface area (Å²) in [5.74, 6) is -0.291. The second-order valence-electron chi connectivity index (χ2n) is 4.24. The molecule has 0 saturated carbocycles. The van der Waals surface area contributed by atoms with Crippen LogP contribution in [0.5, 0.6) is 0 Å². The molecule has 0 aliphatic heterocycles. The fourth-order valence-electron chi connectivity index (χ4n) is 1.40. The molecule has 0 fully saturated rings. The molecule has 0 bridgehead atoms. The summed E-state index contributed by atoms with van der Waals surface area (Å²) in [4.78, 5) is 10.9. The molecule has 0 aliphatic rings. The topological polar surface area (TPSA) is 44.8 Å². The van der Waals surface area contributed by atoms with Crippen LogP contribution in [0.25, 0.3) is 0 Å². The van der Waals surface area contributed by atoms with Crippen LogP contribution in [0.15, 0.2) is 25.3 Å². The van der Waals surface area contributed by atoms with Gasteiger partial charge in [0.25, 0.3) is 0 Å². The Morgan fingerprint density at radius 3 is 1.94 bits per heavy atom. The molecule has 0 radical (unpaired) electrons. The zero-order chi connectivity index (χ0) is 13.9. The summed E-state index contributed by atoms with van der Waals surface area (Å²) in [6.45, 7) is 12.8. The van der Waals surface area contributed by atoms with Crippen LogP contribution < -0.4 is 0 Å². The quantitative estimate of drug-likeness (QED) is 0.323. The van der Waals surface area contributed by atoms with E-state index in [-0.39, 0.29) is 11.4 Å². The Kier molecular flexibility index (Phi) is 9.24. The minimum atomic E-state index is -0.308. The van der Waals surface area contributed by atoms with Crippen molar-refractivity contribution in [2.24, 2.45) is 5.41 Å². The van der Waals surface area contributed by atoms with Gasteiger partial charge in [-0.1, -0.05) is 19.1 Å². The summed E-state index contributed by atoms with van der Waals surface area (Å²) < 4.78 is 16.1. The lowest BCUT2D eigenvalue weighted by Crippen LogP contribution is -2.37. The van der Waals surface area contributed by atoms with Crippen molar-refractivity contribution < 1.29 is 19.0 Å². The number of esters is 1. The minimum absolute atomic E-state index is 0.291. The summed E-state index contributed by atoms with van der Waals surface area (Å²) in [5, 5.41) is 0. The Morgan fingerprint density at radius 2 is 1.61 bits per heavy atom. The highest BCUT2D eigenvalue weighted by Crippen LogP contribution is 2.24. The Bertz CT molecular complexity index is 247. The largest absolute Gasteiger partial charge is 0.465 e. The standard InChI is InChI=1S/C14H24O4/c1-5-8-16-10-14(7-3,11-17-9-6-2)12-18-13(4)15/h5-6H,1-2,7-12H2,3-4H3. The van der Waals surface area contributed by atoms with Crippen molar-refractivity contribution in [2.75, 3.05) is 33.0 Å². The minimum Gasteiger partial charge on any atom is -0.465 e. The number of ether oxygens (including phenoxy) is 3. The van der Waals surface area contributed by atoms with Gasteiger partial charge in [-0.3, -0.25) is 4.79 Å². The SMILES string of the molecule is C=CCOCC(CC)(COCC=C)COC(C)=O. The summed E-state index contributed by atoms with van der Waals surface area (Å²) >= 11 is 0. The molecule has 104 valence electrons. The molecule has 0 saturated heterocycles. The van der Waals surface area contributed by atoms with Gasteiger partial charge in [-0.25, -0.2) is 0 Å². The molecule has 4 nitrogen and oxygen atoms in total. The Balaban J connectivity index is 4.42. The van der Waals surface area contributed by atoms with Crippen LogP contribution in [-0.4, -0.2) is 39.0 Å². The molecule has 0 unspecified atom stereocenters. The molecule has 0 aliphatic carbocycles. The average Bonchev–Trinajstić information content (AvgIpc) is 2.36. The van der Waals surface area contributed by atoms with Crippen molar-refractivity contribution in [3.05, 3.63) is 25.3 Å². The van der Waals surface area contributed by atoms with Gasteiger partial charge in [0.1, 0.15) is 6.61 Å². The monoisotopic (exact) mass is 256 g/mol. The third kappa shape index (κ3) is 7.25. The smallest absolute Gasteiger partial charge is 0.302 e. The summed E-state index contributed by atoms with van der Waals surface area (Å²) in [5.41, 5.74) is -0.308. The van der Waals surface area contributed by atoms with Gasteiger partial charge in [-0.05, 0) is 6.42 Å². The van der Waals surface area contributed by atoms with Crippen LogP contribution in [0.3, 0.4) is 0 Å². The Labute approximate surface area is 110 Å². The molecular weight excluding hydrogens is 232 g/mol. The second-order valence-corrected chi connectivity index (χ2v) is 4.24. The Morgan fingerprint density at radius 1 is 1.11 bits per heavy atom. The van der Waals surface area contributed by atoms with Crippen LogP contribution in [0.2, 0.25) is 0 Å². The molecule has 18 heavy (non-hydrogen) atoms. The lowest BCUT2D eigenvalue weighted by molar-refractivity contribution is -0.148. The molecule has 0 atom stereocenters. The normalized spacial score (nSPS) is 11.0. The zero-order valence-corrected chi connectivity index (χ0v) is 11.4. The van der Waals surface area contributed by atoms with E-state index >= 15 is 0 Å². The molecule has 0 amide bonds. The van der Waals surface area contributed by atoms with Gasteiger partial charge < -0.3 is 14.2 Å². The van der Waals surface area contributed by atoms with Crippen LogP contribution in [0.1, 0.15) is 20.3 Å². The highest BCUT2D eigenvalue weighted by molar-refractivity contribution is 5.65. The van der Waals surface area contributed by atoms with E-state index in [1.54, 1.807) is 12.2 Å². The maximum absolute atomic E-state index is 10.9. The molecule has 0 heterocycles. The van der Waals surface area contributed by atoms with Gasteiger partial charge in [0.15, 0.2) is 0 Å². The highest BCUT2D eigenvalue weighted by atomic mass is 16.5. The van der Waals surface area contributed by atoms with E-state index in [1.165, 1.54) is 6.92 Å². The molecule has 4 heteroatoms. The molecule has 0 aromatic heterocycles. The molecule has 0 spiro atoms. The zero-order valence-electron chi connectivity index (χ0n) is 11.4. The molecule has 0 rings (SSSR count). The highest BCUT2D eigenvalue weighted by Gasteiger charge is 2.30. The van der Waals surface area contributed by atoms with E-state index in [1.807, 2.05) is 6.92 Å². The van der Waals surface area contributed by atoms with E-state index in [2.05, 4.69) is 13.2 Å². The predicted molar refractivity (Wildman–Crippen MR) is 71.4 cm³/mol. The van der Waals surface area contributed by atoms with Crippen molar-refractivity contribution in [2.45, 2.75) is 20.3 Å². The van der Waals surface area contributed by atoms with Crippen molar-refractivity contribution in [3.8, 4) is 0 Å². The van der Waals surface area contributed by atoms with Crippen molar-refractivity contribution in [3.63, 3.8) is 0 Å². The summed E-state index contributed by atoms with van der Waals surface area (Å²) in [7, 11) is 0. The van der Waals surface area contributed by atoms with Gasteiger partial charge in [-0.2, -0.15) is 0 Å². The fraction of sp³-hybridized carbons (Fsp3) is 0.643. The summed E-state index contributed by atoms with van der Waals surface area (Å²) in [6.07, 6.45) is 4.18. The molecular formula is C14H24O4. The fourth-order valence-corrected chi connectivity index (χ4v) is 1.40. The first-order valence-electron chi connectivity index (χ1n) is 6.11. The predicted octanol–water partition coefficient (Wildman–Crippen LogP) is 2.35. The van der Waals surface area contributed by atoms with E-state index in [9.17, 15) is 4.79 Å². The van der Waals surface area contributed by atoms with Crippen LogP contribution >= 0.6 is 0 Å². The second kappa shape index (κ2) is 9.85. The van der Waals surface area contributed by atoms with Gasteiger partial charge in [0, 0.05) is 6.92 Å². The molecule has 0 aromatic rings. The Hall–Kier alpha value is -1.13. The average molecular weight is 256 g/mol. The number of hydrogen-bond acceptors (Lipinski definition) is 4. The van der Waals surface area contributed by atoms with Crippen molar-refractivity contribution in [1.29, 1.82) is 0 Å². The lowest BCUT2D eigenvalue weighted by Gasteiger charge is -2.31.